The minimum atomic E-state index is -0.595. The molecule has 0 aromatic heterocycles. The summed E-state index contributed by atoms with van der Waals surface area (Å²) in [6.45, 7) is 0.853. The molecule has 1 heterocycles. The Morgan fingerprint density at radius 3 is 3.08 bits per heavy atom. The molecule has 0 atom stereocenters. The lowest BCUT2D eigenvalue weighted by atomic mass is 10.3. The van der Waals surface area contributed by atoms with Gasteiger partial charge in [0.15, 0.2) is 5.76 Å². The summed E-state index contributed by atoms with van der Waals surface area (Å²) in [6, 6.07) is 0. The van der Waals surface area contributed by atoms with Crippen molar-refractivity contribution in [2.75, 3.05) is 20.3 Å². The highest BCUT2D eigenvalue weighted by molar-refractivity contribution is 5.98. The van der Waals surface area contributed by atoms with Gasteiger partial charge in [-0.3, -0.25) is 4.79 Å². The molecule has 0 unspecified atom stereocenters. The molecule has 5 nitrogen and oxygen atoms in total. The molecule has 1 aliphatic heterocycles. The first-order valence-corrected chi connectivity index (χ1v) is 3.44. The van der Waals surface area contributed by atoms with Gasteiger partial charge in [0.05, 0.1) is 19.7 Å². The van der Waals surface area contributed by atoms with Gasteiger partial charge in [0.1, 0.15) is 6.61 Å². The highest BCUT2D eigenvalue weighted by Crippen LogP contribution is 2.01. The molecular weight excluding hydrogens is 162 g/mol. The average Bonchev–Trinajstić information content (AvgIpc) is 2.09. The molecule has 0 radical (unpaired) electrons. The van der Waals surface area contributed by atoms with E-state index in [1.165, 1.54) is 7.11 Å². The van der Waals surface area contributed by atoms with E-state index in [0.717, 1.165) is 6.08 Å². The average molecular weight is 171 g/mol. The van der Waals surface area contributed by atoms with Crippen LogP contribution in [0.2, 0.25) is 0 Å². The zero-order valence-corrected chi connectivity index (χ0v) is 6.62. The first-order chi connectivity index (χ1) is 5.74. The van der Waals surface area contributed by atoms with Crippen molar-refractivity contribution < 1.29 is 19.1 Å². The topological polar surface area (TPSA) is 64.6 Å². The van der Waals surface area contributed by atoms with Crippen LogP contribution in [0, 0.1) is 0 Å². The van der Waals surface area contributed by atoms with Gasteiger partial charge in [-0.2, -0.15) is 0 Å². The Kier molecular flexibility index (Phi) is 2.68. The molecule has 0 bridgehead atoms. The van der Waals surface area contributed by atoms with Gasteiger partial charge in [-0.15, -0.1) is 0 Å². The zero-order valence-electron chi connectivity index (χ0n) is 6.62. The monoisotopic (exact) mass is 171 g/mol. The molecule has 12 heavy (non-hydrogen) atoms. The number of morpholine rings is 1. The third-order valence-corrected chi connectivity index (χ3v) is 1.32. The number of methoxy groups -OCH3 is 1. The summed E-state index contributed by atoms with van der Waals surface area (Å²) in [5.74, 6) is -0.971. The number of carbonyl (C=O) groups excluding carboxylic acids is 2. The number of esters is 1. The molecule has 1 N–H and O–H groups in total. The lowest BCUT2D eigenvalue weighted by Crippen LogP contribution is -2.35. The van der Waals surface area contributed by atoms with E-state index >= 15 is 0 Å². The van der Waals surface area contributed by atoms with Crippen molar-refractivity contribution in [2.45, 2.75) is 0 Å². The Balaban J connectivity index is 2.65. The molecule has 0 aliphatic carbocycles. The van der Waals surface area contributed by atoms with Crippen molar-refractivity contribution in [3.05, 3.63) is 11.8 Å². The number of hydrogen-bond acceptors (Lipinski definition) is 4. The molecule has 0 aromatic rings. The number of ether oxygens (including phenoxy) is 2. The second-order valence-electron chi connectivity index (χ2n) is 2.14. The highest BCUT2D eigenvalue weighted by atomic mass is 16.5. The van der Waals surface area contributed by atoms with Gasteiger partial charge in [0.2, 0.25) is 0 Å². The summed E-state index contributed by atoms with van der Waals surface area (Å²) in [7, 11) is 1.24. The first kappa shape index (κ1) is 8.58. The van der Waals surface area contributed by atoms with Gasteiger partial charge < -0.3 is 14.8 Å². The summed E-state index contributed by atoms with van der Waals surface area (Å²) >= 11 is 0. The Morgan fingerprint density at radius 1 is 1.75 bits per heavy atom. The van der Waals surface area contributed by atoms with E-state index in [-0.39, 0.29) is 11.7 Å². The van der Waals surface area contributed by atoms with Crippen LogP contribution in [0.1, 0.15) is 0 Å². The zero-order chi connectivity index (χ0) is 8.97. The molecule has 1 rings (SSSR count). The van der Waals surface area contributed by atoms with Crippen molar-refractivity contribution in [1.82, 2.24) is 5.32 Å². The SMILES string of the molecule is COC(=O)/C=C1\OCCNC1=O. The fraction of sp³-hybridized carbons (Fsp3) is 0.429. The minimum absolute atomic E-state index is 0.00750. The summed E-state index contributed by atoms with van der Waals surface area (Å²) < 4.78 is 9.24. The van der Waals surface area contributed by atoms with Crippen LogP contribution in [0.4, 0.5) is 0 Å². The van der Waals surface area contributed by atoms with Gasteiger partial charge in [-0.05, 0) is 0 Å². The summed E-state index contributed by atoms with van der Waals surface area (Å²) in [6.07, 6.45) is 1.02. The maximum absolute atomic E-state index is 10.9. The number of carbonyl (C=O) groups is 2. The van der Waals surface area contributed by atoms with E-state index < -0.39 is 5.97 Å². The highest BCUT2D eigenvalue weighted by Gasteiger charge is 2.16. The van der Waals surface area contributed by atoms with Gasteiger partial charge in [0.25, 0.3) is 5.91 Å². The van der Waals surface area contributed by atoms with E-state index in [2.05, 4.69) is 10.1 Å². The van der Waals surface area contributed by atoms with Crippen molar-refractivity contribution in [2.24, 2.45) is 0 Å². The molecule has 66 valence electrons. The van der Waals surface area contributed by atoms with Crippen molar-refractivity contribution in [3.63, 3.8) is 0 Å². The number of nitrogens with one attached hydrogen (secondary N) is 1. The predicted octanol–water partition coefficient (Wildman–Crippen LogP) is -0.810. The molecule has 0 saturated carbocycles. The standard InChI is InChI=1S/C7H9NO4/c1-11-6(9)4-5-7(10)8-2-3-12-5/h4H,2-3H2,1H3,(H,8,10)/b5-4-. The van der Waals surface area contributed by atoms with E-state index in [4.69, 9.17) is 4.74 Å². The van der Waals surface area contributed by atoms with Crippen LogP contribution in [0.25, 0.3) is 0 Å². The largest absolute Gasteiger partial charge is 0.486 e. The maximum atomic E-state index is 10.9. The smallest absolute Gasteiger partial charge is 0.334 e. The summed E-state index contributed by atoms with van der Waals surface area (Å²) in [5, 5.41) is 2.52. The predicted molar refractivity (Wildman–Crippen MR) is 39.1 cm³/mol. The first-order valence-electron chi connectivity index (χ1n) is 3.44. The van der Waals surface area contributed by atoms with Crippen LogP contribution >= 0.6 is 0 Å². The summed E-state index contributed by atoms with van der Waals surface area (Å²) in [4.78, 5) is 21.6. The van der Waals surface area contributed by atoms with E-state index in [0.29, 0.717) is 13.2 Å². The van der Waals surface area contributed by atoms with Crippen LogP contribution < -0.4 is 5.32 Å². The van der Waals surface area contributed by atoms with Crippen LogP contribution in [0.5, 0.6) is 0 Å². The van der Waals surface area contributed by atoms with E-state index in [1.54, 1.807) is 0 Å². The van der Waals surface area contributed by atoms with E-state index in [9.17, 15) is 9.59 Å². The second kappa shape index (κ2) is 3.75. The van der Waals surface area contributed by atoms with Crippen molar-refractivity contribution in [1.29, 1.82) is 0 Å². The summed E-state index contributed by atoms with van der Waals surface area (Å²) in [5.41, 5.74) is 0. The van der Waals surface area contributed by atoms with Crippen LogP contribution in [0.3, 0.4) is 0 Å². The Labute approximate surface area is 69.3 Å². The van der Waals surface area contributed by atoms with Crippen molar-refractivity contribution in [3.8, 4) is 0 Å². The Hall–Kier alpha value is -1.52. The van der Waals surface area contributed by atoms with Crippen LogP contribution in [-0.4, -0.2) is 32.1 Å². The number of amides is 1. The second-order valence-corrected chi connectivity index (χ2v) is 2.14. The minimum Gasteiger partial charge on any atom is -0.486 e. The third-order valence-electron chi connectivity index (χ3n) is 1.32. The van der Waals surface area contributed by atoms with E-state index in [1.807, 2.05) is 0 Å². The fourth-order valence-electron chi connectivity index (χ4n) is 0.751. The molecule has 0 aromatic carbocycles. The van der Waals surface area contributed by atoms with Gasteiger partial charge in [-0.1, -0.05) is 0 Å². The molecule has 1 aliphatic rings. The Bertz CT molecular complexity index is 234. The molecule has 1 saturated heterocycles. The third kappa shape index (κ3) is 1.98. The quantitative estimate of drug-likeness (QED) is 0.414. The van der Waals surface area contributed by atoms with Crippen molar-refractivity contribution >= 4 is 11.9 Å². The molecule has 1 amide bonds. The maximum Gasteiger partial charge on any atom is 0.334 e. The number of hydrogen-bond donors (Lipinski definition) is 1. The van der Waals surface area contributed by atoms with Crippen LogP contribution in [-0.2, 0) is 19.1 Å². The molecule has 0 spiro atoms. The molecule has 5 heteroatoms. The van der Waals surface area contributed by atoms with Crippen LogP contribution in [0.15, 0.2) is 11.8 Å². The lowest BCUT2D eigenvalue weighted by Gasteiger charge is -2.15. The van der Waals surface area contributed by atoms with Gasteiger partial charge in [-0.25, -0.2) is 4.79 Å². The molecule has 1 fully saturated rings. The Morgan fingerprint density at radius 2 is 2.50 bits per heavy atom. The normalized spacial score (nSPS) is 19.8. The van der Waals surface area contributed by atoms with Gasteiger partial charge in [0, 0.05) is 0 Å². The fourth-order valence-corrected chi connectivity index (χ4v) is 0.751. The van der Waals surface area contributed by atoms with Gasteiger partial charge >= 0.3 is 5.97 Å². The lowest BCUT2D eigenvalue weighted by molar-refractivity contribution is -0.136. The number of rotatable bonds is 1. The molecular formula is C7H9NO4.